The highest BCUT2D eigenvalue weighted by Gasteiger charge is 2.62. The van der Waals surface area contributed by atoms with Gasteiger partial charge in [0.25, 0.3) is 0 Å². The molecule has 0 amide bonds. The van der Waals surface area contributed by atoms with Crippen LogP contribution in [0.4, 0.5) is 0 Å². The lowest BCUT2D eigenvalue weighted by molar-refractivity contribution is -0.0656. The molecule has 0 fully saturated rings. The molecular weight excluding hydrogens is 408 g/mol. The Morgan fingerprint density at radius 1 is 0.786 bits per heavy atom. The molecular formula is C18H22O8S2. The second-order valence-corrected chi connectivity index (χ2v) is 10.9. The highest BCUT2D eigenvalue weighted by molar-refractivity contribution is 8.10. The second-order valence-electron chi connectivity index (χ2n) is 6.46. The van der Waals surface area contributed by atoms with Crippen LogP contribution in [0.1, 0.15) is 11.1 Å². The van der Waals surface area contributed by atoms with Gasteiger partial charge in [-0.2, -0.15) is 0 Å². The summed E-state index contributed by atoms with van der Waals surface area (Å²) in [5.74, 6) is 0. The lowest BCUT2D eigenvalue weighted by Crippen LogP contribution is -2.60. The first kappa shape index (κ1) is 22.5. The number of sulfone groups is 2. The molecule has 0 radical (unpaired) electrons. The van der Waals surface area contributed by atoms with Crippen molar-refractivity contribution in [3.8, 4) is 0 Å². The molecule has 0 heterocycles. The Hall–Kier alpha value is -1.82. The monoisotopic (exact) mass is 430 g/mol. The van der Waals surface area contributed by atoms with Gasteiger partial charge in [-0.15, -0.1) is 0 Å². The van der Waals surface area contributed by atoms with E-state index in [1.165, 1.54) is 24.3 Å². The van der Waals surface area contributed by atoms with Crippen molar-refractivity contribution in [2.24, 2.45) is 0 Å². The maximum atomic E-state index is 13.1. The smallest absolute Gasteiger partial charge is 0.305 e. The number of rotatable bonds is 7. The zero-order valence-electron chi connectivity index (χ0n) is 15.2. The third-order valence-electron chi connectivity index (χ3n) is 4.36. The summed E-state index contributed by atoms with van der Waals surface area (Å²) >= 11 is 0. The fourth-order valence-electron chi connectivity index (χ4n) is 2.58. The summed E-state index contributed by atoms with van der Waals surface area (Å²) in [4.78, 5) is -1.14. The van der Waals surface area contributed by atoms with E-state index < -0.39 is 52.5 Å². The van der Waals surface area contributed by atoms with Gasteiger partial charge in [0.15, 0.2) is 0 Å². The van der Waals surface area contributed by atoms with Crippen LogP contribution < -0.4 is 0 Å². The second kappa shape index (κ2) is 7.90. The van der Waals surface area contributed by atoms with Gasteiger partial charge in [0.1, 0.15) is 12.2 Å². The summed E-state index contributed by atoms with van der Waals surface area (Å²) in [6.07, 6.45) is -4.97. The van der Waals surface area contributed by atoms with Crippen LogP contribution >= 0.6 is 0 Å². The zero-order chi connectivity index (χ0) is 21.3. The van der Waals surface area contributed by atoms with Gasteiger partial charge in [-0.1, -0.05) is 35.4 Å². The van der Waals surface area contributed by atoms with Gasteiger partial charge in [-0.3, -0.25) is 0 Å². The van der Waals surface area contributed by atoms with Crippen molar-refractivity contribution < 1.29 is 37.3 Å². The molecule has 2 rings (SSSR count). The summed E-state index contributed by atoms with van der Waals surface area (Å²) in [7, 11) is -10.3. The molecule has 2 aromatic carbocycles. The summed E-state index contributed by atoms with van der Waals surface area (Å²) in [5, 5.41) is 40.2. The molecule has 0 unspecified atom stereocenters. The van der Waals surface area contributed by atoms with E-state index in [1.54, 1.807) is 13.8 Å². The Kier molecular flexibility index (Phi) is 6.34. The van der Waals surface area contributed by atoms with Gasteiger partial charge in [-0.05, 0) is 38.1 Å². The van der Waals surface area contributed by atoms with Crippen LogP contribution in [-0.2, 0) is 19.7 Å². The number of aliphatic hydroxyl groups is 4. The maximum Gasteiger partial charge on any atom is 0.305 e. The minimum absolute atomic E-state index is 0.569. The quantitative estimate of drug-likeness (QED) is 0.476. The van der Waals surface area contributed by atoms with E-state index >= 15 is 0 Å². The van der Waals surface area contributed by atoms with E-state index in [-0.39, 0.29) is 0 Å². The zero-order valence-corrected chi connectivity index (χ0v) is 16.9. The third kappa shape index (κ3) is 3.59. The van der Waals surface area contributed by atoms with E-state index in [0.29, 0.717) is 11.1 Å². The Bertz CT molecular complexity index is 950. The van der Waals surface area contributed by atoms with E-state index in [2.05, 4.69) is 0 Å². The molecule has 10 heteroatoms. The van der Waals surface area contributed by atoms with Crippen molar-refractivity contribution in [3.05, 3.63) is 59.7 Å². The molecule has 8 nitrogen and oxygen atoms in total. The van der Waals surface area contributed by atoms with Gasteiger partial charge in [0.05, 0.1) is 16.4 Å². The molecule has 0 saturated carbocycles. The van der Waals surface area contributed by atoms with Gasteiger partial charge in [0, 0.05) is 0 Å². The summed E-state index contributed by atoms with van der Waals surface area (Å²) in [6, 6.07) is 9.88. The molecule has 2 aromatic rings. The normalized spacial score (nSPS) is 15.2. The largest absolute Gasteiger partial charge is 0.394 e. The minimum atomic E-state index is -5.14. The summed E-state index contributed by atoms with van der Waals surface area (Å²) in [6.45, 7) is 2.18. The van der Waals surface area contributed by atoms with Crippen LogP contribution in [0.3, 0.4) is 0 Å². The van der Waals surface area contributed by atoms with Crippen molar-refractivity contribution in [3.63, 3.8) is 0 Å². The molecule has 28 heavy (non-hydrogen) atoms. The average molecular weight is 431 g/mol. The predicted octanol–water partition coefficient (Wildman–Crippen LogP) is -0.0888. The third-order valence-corrected chi connectivity index (χ3v) is 9.48. The Labute approximate surface area is 163 Å². The van der Waals surface area contributed by atoms with E-state index in [9.17, 15) is 32.2 Å². The molecule has 0 aliphatic heterocycles. The van der Waals surface area contributed by atoms with Crippen molar-refractivity contribution >= 4 is 19.7 Å². The fourth-order valence-corrected chi connectivity index (χ4v) is 6.92. The van der Waals surface area contributed by atoms with Crippen molar-refractivity contribution in [1.82, 2.24) is 0 Å². The van der Waals surface area contributed by atoms with Gasteiger partial charge < -0.3 is 20.4 Å². The predicted molar refractivity (Wildman–Crippen MR) is 101 cm³/mol. The molecule has 0 spiro atoms. The minimum Gasteiger partial charge on any atom is -0.394 e. The molecule has 4 N–H and O–H groups in total. The van der Waals surface area contributed by atoms with Gasteiger partial charge >= 0.3 is 4.27 Å². The maximum absolute atomic E-state index is 13.1. The van der Waals surface area contributed by atoms with Crippen LogP contribution in [0.15, 0.2) is 58.3 Å². The van der Waals surface area contributed by atoms with Crippen molar-refractivity contribution in [2.45, 2.75) is 40.1 Å². The van der Waals surface area contributed by atoms with E-state index in [1.807, 2.05) is 0 Å². The van der Waals surface area contributed by atoms with Crippen LogP contribution in [0.2, 0.25) is 0 Å². The van der Waals surface area contributed by atoms with Crippen LogP contribution in [-0.4, -0.2) is 60.3 Å². The highest BCUT2D eigenvalue weighted by Crippen LogP contribution is 2.37. The number of hydrogen-bond acceptors (Lipinski definition) is 8. The molecule has 0 bridgehead atoms. The van der Waals surface area contributed by atoms with Crippen LogP contribution in [0.25, 0.3) is 0 Å². The average Bonchev–Trinajstić information content (AvgIpc) is 2.66. The molecule has 0 saturated heterocycles. The van der Waals surface area contributed by atoms with E-state index in [0.717, 1.165) is 24.3 Å². The van der Waals surface area contributed by atoms with Crippen LogP contribution in [0.5, 0.6) is 0 Å². The van der Waals surface area contributed by atoms with Crippen molar-refractivity contribution in [2.75, 3.05) is 6.61 Å². The van der Waals surface area contributed by atoms with E-state index in [4.69, 9.17) is 5.11 Å². The first-order valence-electron chi connectivity index (χ1n) is 8.21. The highest BCUT2D eigenvalue weighted by atomic mass is 32.3. The van der Waals surface area contributed by atoms with Crippen molar-refractivity contribution in [1.29, 1.82) is 0 Å². The van der Waals surface area contributed by atoms with Crippen LogP contribution in [0, 0.1) is 13.8 Å². The molecule has 0 aliphatic rings. The summed E-state index contributed by atoms with van der Waals surface area (Å²) in [5.41, 5.74) is 1.36. The standard InChI is InChI=1S/C18H22O8S2/c1-12-3-7-14(8-4-12)27(23,24)18(22,17(21)16(20)11-19)28(25,26)15-9-5-13(2)6-10-15/h3-10,16-17,19-22H,11H2,1-2H3/t16-,17+/m1/s1. The number of hydrogen-bond donors (Lipinski definition) is 4. The lowest BCUT2D eigenvalue weighted by atomic mass is 10.2. The molecule has 2 atom stereocenters. The molecule has 0 aromatic heterocycles. The van der Waals surface area contributed by atoms with Gasteiger partial charge in [-0.25, -0.2) is 16.8 Å². The number of aryl methyl sites for hydroxylation is 2. The fraction of sp³-hybridized carbons (Fsp3) is 0.333. The first-order chi connectivity index (χ1) is 12.9. The molecule has 0 aliphatic carbocycles. The lowest BCUT2D eigenvalue weighted by Gasteiger charge is -2.33. The Morgan fingerprint density at radius 3 is 1.39 bits per heavy atom. The Morgan fingerprint density at radius 2 is 1.11 bits per heavy atom. The number of aliphatic hydroxyl groups excluding tert-OH is 3. The number of benzene rings is 2. The molecule has 154 valence electrons. The first-order valence-corrected chi connectivity index (χ1v) is 11.2. The SMILES string of the molecule is Cc1ccc(S(=O)(=O)C(O)([C@@H](O)[C@H](O)CO)S(=O)(=O)c2ccc(C)cc2)cc1. The Balaban J connectivity index is 2.80. The van der Waals surface area contributed by atoms with Gasteiger partial charge in [0.2, 0.25) is 19.7 Å². The topological polar surface area (TPSA) is 149 Å². The summed E-state index contributed by atoms with van der Waals surface area (Å²) < 4.78 is 48.7.